The second kappa shape index (κ2) is 13.3. The van der Waals surface area contributed by atoms with Gasteiger partial charge in [0.2, 0.25) is 0 Å². The summed E-state index contributed by atoms with van der Waals surface area (Å²) in [5.74, 6) is -0.278. The molecular weight excluding hydrogens is 672 g/mol. The number of epoxide rings is 1. The molecule has 218 valence electrons. The molecule has 1 aliphatic rings. The van der Waals surface area contributed by atoms with Crippen LogP contribution in [0, 0.1) is 9.39 Å². The van der Waals surface area contributed by atoms with Gasteiger partial charge in [0.15, 0.2) is 0 Å². The van der Waals surface area contributed by atoms with Crippen LogP contribution in [0.1, 0.15) is 43.9 Å². The number of hydrogen-bond donors (Lipinski definition) is 0. The first-order valence-corrected chi connectivity index (χ1v) is 15.2. The molecule has 1 aliphatic heterocycles. The number of halogens is 3. The molecule has 0 amide bonds. The first kappa shape index (κ1) is 30.1. The lowest BCUT2D eigenvalue weighted by atomic mass is 9.91. The highest BCUT2D eigenvalue weighted by Gasteiger charge is 2.59. The van der Waals surface area contributed by atoms with Crippen molar-refractivity contribution in [2.75, 3.05) is 6.61 Å². The molecule has 8 nitrogen and oxygen atoms in total. The van der Waals surface area contributed by atoms with Gasteiger partial charge in [-0.25, -0.2) is 14.1 Å². The van der Waals surface area contributed by atoms with Gasteiger partial charge < -0.3 is 9.47 Å². The van der Waals surface area contributed by atoms with Crippen LogP contribution in [0.15, 0.2) is 84.2 Å². The quantitative estimate of drug-likeness (QED) is 0.122. The smallest absolute Gasteiger partial charge is 0.299 e. The number of benzene rings is 3. The zero-order valence-corrected chi connectivity index (χ0v) is 26.1. The molecule has 0 aliphatic carbocycles. The van der Waals surface area contributed by atoms with Gasteiger partial charge in [-0.3, -0.25) is 9.36 Å². The van der Waals surface area contributed by atoms with Crippen LogP contribution in [-0.4, -0.2) is 30.9 Å². The molecule has 0 spiro atoms. The highest BCUT2D eigenvalue weighted by Crippen LogP contribution is 2.59. The number of fused-ring (bicyclic) bond motifs is 1. The molecule has 1 saturated heterocycles. The molecule has 42 heavy (non-hydrogen) atoms. The van der Waals surface area contributed by atoms with Crippen molar-refractivity contribution in [3.8, 4) is 6.01 Å². The van der Waals surface area contributed by atoms with E-state index in [1.165, 1.54) is 18.5 Å². The Balaban J connectivity index is 0.000000172. The minimum Gasteiger partial charge on any atom is -0.465 e. The van der Waals surface area contributed by atoms with E-state index in [1.807, 2.05) is 56.3 Å². The molecule has 0 radical (unpaired) electrons. The van der Waals surface area contributed by atoms with Crippen LogP contribution < -0.4 is 10.3 Å². The van der Waals surface area contributed by atoms with Crippen LogP contribution in [-0.2, 0) is 23.4 Å². The molecule has 2 aromatic heterocycles. The largest absolute Gasteiger partial charge is 0.465 e. The Morgan fingerprint density at radius 3 is 2.57 bits per heavy atom. The number of hydrogen-bond acceptors (Lipinski definition) is 6. The Morgan fingerprint density at radius 1 is 1.10 bits per heavy atom. The zero-order valence-electron chi connectivity index (χ0n) is 23.2. The van der Waals surface area contributed by atoms with Crippen LogP contribution in [0.4, 0.5) is 4.39 Å². The van der Waals surface area contributed by atoms with Crippen molar-refractivity contribution >= 4 is 45.1 Å². The van der Waals surface area contributed by atoms with E-state index in [4.69, 9.17) is 21.1 Å². The van der Waals surface area contributed by atoms with Gasteiger partial charge in [-0.1, -0.05) is 55.8 Å². The third kappa shape index (κ3) is 6.50. The Hall–Kier alpha value is -3.35. The van der Waals surface area contributed by atoms with E-state index < -0.39 is 5.60 Å². The van der Waals surface area contributed by atoms with Gasteiger partial charge in [-0.15, -0.1) is 0 Å². The summed E-state index contributed by atoms with van der Waals surface area (Å²) in [6, 6.07) is 20.1. The first-order valence-electron chi connectivity index (χ1n) is 13.7. The van der Waals surface area contributed by atoms with Crippen LogP contribution in [0.3, 0.4) is 0 Å². The minimum absolute atomic E-state index is 0.0172. The van der Waals surface area contributed by atoms with Crippen molar-refractivity contribution in [2.24, 2.45) is 0 Å². The summed E-state index contributed by atoms with van der Waals surface area (Å²) in [6.45, 7) is 5.76. The van der Waals surface area contributed by atoms with E-state index in [2.05, 4.69) is 37.7 Å². The standard InChI is InChI=1S/C17H13ClFN3O.C14H17IN2O2/c18-15-4-2-1-3-14(15)16-17(23-16,9-22-11-20-10-21-22)12-5-7-13(19)8-6-12;1-3-7-17-13(18)11-9-10(15)5-6-12(11)16-14(17)19-8-4-2/h1-8,10-11,16H,9H2;5-6,9H,3-4,7-8H2,1-2H3. The summed E-state index contributed by atoms with van der Waals surface area (Å²) in [6.07, 6.45) is 4.68. The van der Waals surface area contributed by atoms with E-state index in [1.54, 1.807) is 27.7 Å². The van der Waals surface area contributed by atoms with E-state index in [0.717, 1.165) is 27.5 Å². The summed E-state index contributed by atoms with van der Waals surface area (Å²) in [5.41, 5.74) is 1.87. The lowest BCUT2D eigenvalue weighted by Crippen LogP contribution is -2.24. The van der Waals surface area contributed by atoms with Crippen LogP contribution >= 0.6 is 34.2 Å². The van der Waals surface area contributed by atoms with Gasteiger partial charge in [-0.2, -0.15) is 10.1 Å². The van der Waals surface area contributed by atoms with Gasteiger partial charge in [0.25, 0.3) is 11.6 Å². The molecule has 0 saturated carbocycles. The molecule has 6 rings (SSSR count). The van der Waals surface area contributed by atoms with E-state index in [9.17, 15) is 9.18 Å². The highest BCUT2D eigenvalue weighted by molar-refractivity contribution is 14.1. The summed E-state index contributed by atoms with van der Waals surface area (Å²) < 4.78 is 29.3. The van der Waals surface area contributed by atoms with Gasteiger partial charge >= 0.3 is 0 Å². The molecule has 0 bridgehead atoms. The van der Waals surface area contributed by atoms with Crippen LogP contribution in [0.25, 0.3) is 10.9 Å². The summed E-state index contributed by atoms with van der Waals surface area (Å²) in [4.78, 5) is 20.9. The average Bonchev–Trinajstić information content (AvgIpc) is 3.46. The number of ether oxygens (including phenoxy) is 2. The fraction of sp³-hybridized carbons (Fsp3) is 0.290. The molecule has 3 heterocycles. The van der Waals surface area contributed by atoms with Crippen LogP contribution in [0.5, 0.6) is 6.01 Å². The second-order valence-corrected chi connectivity index (χ2v) is 11.5. The normalized spacial score (nSPS) is 17.5. The molecule has 2 unspecified atom stereocenters. The minimum atomic E-state index is -0.619. The van der Waals surface area contributed by atoms with Gasteiger partial charge in [-0.05, 0) is 77.4 Å². The van der Waals surface area contributed by atoms with Crippen molar-refractivity contribution in [3.05, 3.63) is 115 Å². The van der Waals surface area contributed by atoms with E-state index in [0.29, 0.717) is 41.6 Å². The lowest BCUT2D eigenvalue weighted by molar-refractivity contribution is 0.262. The lowest BCUT2D eigenvalue weighted by Gasteiger charge is -2.14. The topological polar surface area (TPSA) is 87.4 Å². The predicted molar refractivity (Wildman–Crippen MR) is 168 cm³/mol. The SMILES string of the molecule is CCCOc1nc2ccc(I)cc2c(=O)n1CCC.Fc1ccc(C2(Cn3cncn3)OC2c2ccccc2Cl)cc1. The van der Waals surface area contributed by atoms with Gasteiger partial charge in [0.1, 0.15) is 30.2 Å². The maximum Gasteiger partial charge on any atom is 0.299 e. The Bertz CT molecular complexity index is 1710. The maximum absolute atomic E-state index is 13.3. The fourth-order valence-electron chi connectivity index (χ4n) is 4.79. The molecule has 11 heteroatoms. The Labute approximate surface area is 261 Å². The molecule has 1 fully saturated rings. The summed E-state index contributed by atoms with van der Waals surface area (Å²) >= 11 is 8.51. The van der Waals surface area contributed by atoms with E-state index >= 15 is 0 Å². The first-order chi connectivity index (χ1) is 20.4. The average molecular weight is 702 g/mol. The number of nitrogens with zero attached hydrogens (tertiary/aromatic N) is 5. The van der Waals surface area contributed by atoms with Gasteiger partial charge in [0, 0.05) is 20.7 Å². The third-order valence-electron chi connectivity index (χ3n) is 6.84. The van der Waals surface area contributed by atoms with Crippen molar-refractivity contribution in [1.82, 2.24) is 24.3 Å². The third-order valence-corrected chi connectivity index (χ3v) is 7.86. The second-order valence-electron chi connectivity index (χ2n) is 9.87. The number of rotatable bonds is 9. The van der Waals surface area contributed by atoms with Crippen molar-refractivity contribution in [2.45, 2.75) is 51.5 Å². The zero-order chi connectivity index (χ0) is 29.7. The fourth-order valence-corrected chi connectivity index (χ4v) is 5.52. The van der Waals surface area contributed by atoms with E-state index in [-0.39, 0.29) is 17.5 Å². The highest BCUT2D eigenvalue weighted by atomic mass is 127. The van der Waals surface area contributed by atoms with Gasteiger partial charge in [0.05, 0.1) is 24.1 Å². The van der Waals surface area contributed by atoms with Crippen molar-refractivity contribution in [3.63, 3.8) is 0 Å². The van der Waals surface area contributed by atoms with Crippen molar-refractivity contribution < 1.29 is 13.9 Å². The molecule has 2 atom stereocenters. The number of aromatic nitrogens is 5. The summed E-state index contributed by atoms with van der Waals surface area (Å²) in [5, 5.41) is 5.46. The Kier molecular flexibility index (Phi) is 9.54. The molecular formula is C31H30ClFIN5O3. The molecule has 0 N–H and O–H groups in total. The molecule has 5 aromatic rings. The predicted octanol–water partition coefficient (Wildman–Crippen LogP) is 6.94. The summed E-state index contributed by atoms with van der Waals surface area (Å²) in [7, 11) is 0. The monoisotopic (exact) mass is 701 g/mol. The maximum atomic E-state index is 13.3. The van der Waals surface area contributed by atoms with Crippen LogP contribution in [0.2, 0.25) is 5.02 Å². The molecule has 3 aromatic carbocycles. The Morgan fingerprint density at radius 2 is 1.88 bits per heavy atom. The van der Waals surface area contributed by atoms with Crippen molar-refractivity contribution in [1.29, 1.82) is 0 Å².